The predicted octanol–water partition coefficient (Wildman–Crippen LogP) is 4.95. The maximum absolute atomic E-state index is 13.5. The first-order chi connectivity index (χ1) is 15.1. The molecule has 31 heavy (non-hydrogen) atoms. The highest BCUT2D eigenvalue weighted by Crippen LogP contribution is 2.36. The Hall–Kier alpha value is -3.29. The summed E-state index contributed by atoms with van der Waals surface area (Å²) in [6.45, 7) is 0.320. The monoisotopic (exact) mass is 453 g/mol. The van der Waals surface area contributed by atoms with Crippen LogP contribution < -0.4 is 15.0 Å². The summed E-state index contributed by atoms with van der Waals surface area (Å²) in [6.07, 6.45) is 0. The lowest BCUT2D eigenvalue weighted by Crippen LogP contribution is -2.28. The van der Waals surface area contributed by atoms with Crippen LogP contribution >= 0.6 is 22.9 Å². The van der Waals surface area contributed by atoms with Gasteiger partial charge in [-0.3, -0.25) is 9.36 Å². The average Bonchev–Trinajstić information content (AvgIpc) is 3.46. The smallest absolute Gasteiger partial charge is 0.355 e. The van der Waals surface area contributed by atoms with Gasteiger partial charge in [0.2, 0.25) is 6.79 Å². The lowest BCUT2D eigenvalue weighted by atomic mass is 9.98. The number of aromatic nitrogens is 1. The number of benzene rings is 2. The third-order valence-electron chi connectivity index (χ3n) is 5.20. The second-order valence-electron chi connectivity index (χ2n) is 7.00. The van der Waals surface area contributed by atoms with Gasteiger partial charge in [-0.1, -0.05) is 17.7 Å². The van der Waals surface area contributed by atoms with E-state index in [1.165, 1.54) is 23.0 Å². The van der Waals surface area contributed by atoms with E-state index in [-0.39, 0.29) is 24.6 Å². The van der Waals surface area contributed by atoms with E-state index in [1.807, 2.05) is 29.0 Å². The van der Waals surface area contributed by atoms with Crippen molar-refractivity contribution in [2.75, 3.05) is 13.9 Å². The normalized spacial score (nSPS) is 12.3. The molecule has 0 spiro atoms. The van der Waals surface area contributed by atoms with Crippen LogP contribution in [0, 0.1) is 0 Å². The van der Waals surface area contributed by atoms with Crippen molar-refractivity contribution in [3.05, 3.63) is 79.9 Å². The van der Waals surface area contributed by atoms with E-state index in [9.17, 15) is 9.59 Å². The van der Waals surface area contributed by atoms with Crippen molar-refractivity contribution in [1.29, 1.82) is 0 Å². The number of hydrogen-bond donors (Lipinski definition) is 0. The first-order valence-corrected chi connectivity index (χ1v) is 10.7. The number of hydrogen-bond acceptors (Lipinski definition) is 6. The van der Waals surface area contributed by atoms with Gasteiger partial charge in [0.15, 0.2) is 11.5 Å². The molecule has 0 amide bonds. The molecule has 0 saturated carbocycles. The summed E-state index contributed by atoms with van der Waals surface area (Å²) in [6, 6.07) is 12.4. The molecule has 2 aromatic carbocycles. The van der Waals surface area contributed by atoms with Gasteiger partial charge in [-0.2, -0.15) is 11.3 Å². The lowest BCUT2D eigenvalue weighted by Gasteiger charge is -2.18. The van der Waals surface area contributed by atoms with Gasteiger partial charge in [0.25, 0.3) is 5.56 Å². The number of ether oxygens (including phenoxy) is 3. The summed E-state index contributed by atoms with van der Waals surface area (Å²) in [7, 11) is 1.30. The van der Waals surface area contributed by atoms with Crippen molar-refractivity contribution in [1.82, 2.24) is 4.57 Å². The standard InChI is InChI=1S/C23H16ClNO5S/c1-28-23(27)21-20(14-6-7-31-11-14)17-9-15(24)3-4-16(17)22(26)25(21)10-13-2-5-18-19(8-13)30-12-29-18/h2-9,11H,10,12H2,1H3. The van der Waals surface area contributed by atoms with E-state index in [2.05, 4.69) is 0 Å². The minimum Gasteiger partial charge on any atom is -0.464 e. The zero-order valence-corrected chi connectivity index (χ0v) is 18.0. The van der Waals surface area contributed by atoms with Crippen LogP contribution in [-0.4, -0.2) is 24.4 Å². The average molecular weight is 454 g/mol. The van der Waals surface area contributed by atoms with E-state index in [0.29, 0.717) is 32.9 Å². The van der Waals surface area contributed by atoms with Gasteiger partial charge in [-0.25, -0.2) is 4.79 Å². The first-order valence-electron chi connectivity index (χ1n) is 9.42. The number of carbonyl (C=O) groups is 1. The number of carbonyl (C=O) groups excluding carboxylic acids is 1. The van der Waals surface area contributed by atoms with Gasteiger partial charge in [0.05, 0.1) is 13.7 Å². The maximum atomic E-state index is 13.5. The molecular formula is C23H16ClNO5S. The van der Waals surface area contributed by atoms with Crippen molar-refractivity contribution in [3.63, 3.8) is 0 Å². The number of fused-ring (bicyclic) bond motifs is 2. The molecule has 1 aliphatic rings. The highest BCUT2D eigenvalue weighted by Gasteiger charge is 2.25. The molecule has 3 heterocycles. The number of thiophene rings is 1. The van der Waals surface area contributed by atoms with E-state index >= 15 is 0 Å². The van der Waals surface area contributed by atoms with Crippen LogP contribution in [0.15, 0.2) is 58.0 Å². The molecule has 0 fully saturated rings. The van der Waals surface area contributed by atoms with Crippen molar-refractivity contribution in [2.24, 2.45) is 0 Å². The number of methoxy groups -OCH3 is 1. The molecule has 0 bridgehead atoms. The van der Waals surface area contributed by atoms with Crippen LogP contribution in [0.2, 0.25) is 5.02 Å². The molecule has 0 saturated heterocycles. The van der Waals surface area contributed by atoms with Crippen LogP contribution in [0.25, 0.3) is 21.9 Å². The molecule has 0 atom stereocenters. The van der Waals surface area contributed by atoms with Crippen LogP contribution in [0.5, 0.6) is 11.5 Å². The Bertz CT molecular complexity index is 1380. The highest BCUT2D eigenvalue weighted by molar-refractivity contribution is 7.08. The second-order valence-corrected chi connectivity index (χ2v) is 8.21. The Morgan fingerprint density at radius 3 is 2.74 bits per heavy atom. The summed E-state index contributed by atoms with van der Waals surface area (Å²) in [5.74, 6) is 0.660. The molecule has 0 unspecified atom stereocenters. The van der Waals surface area contributed by atoms with Gasteiger partial charge >= 0.3 is 5.97 Å². The van der Waals surface area contributed by atoms with Crippen LogP contribution in [0.4, 0.5) is 0 Å². The molecule has 2 aromatic heterocycles. The fourth-order valence-electron chi connectivity index (χ4n) is 3.80. The van der Waals surface area contributed by atoms with E-state index < -0.39 is 5.97 Å². The summed E-state index contributed by atoms with van der Waals surface area (Å²) in [5.41, 5.74) is 2.10. The van der Waals surface area contributed by atoms with Crippen molar-refractivity contribution >= 4 is 39.7 Å². The Kier molecular flexibility index (Phi) is 4.92. The van der Waals surface area contributed by atoms with E-state index in [1.54, 1.807) is 24.3 Å². The van der Waals surface area contributed by atoms with Crippen LogP contribution in [0.3, 0.4) is 0 Å². The third-order valence-corrected chi connectivity index (χ3v) is 6.12. The summed E-state index contributed by atoms with van der Waals surface area (Å²) in [5, 5.41) is 5.40. The molecule has 4 aromatic rings. The van der Waals surface area contributed by atoms with Gasteiger partial charge in [-0.05, 0) is 63.7 Å². The maximum Gasteiger partial charge on any atom is 0.355 e. The SMILES string of the molecule is COC(=O)c1c(-c2ccsc2)c2cc(Cl)ccc2c(=O)n1Cc1ccc2c(c1)OCO2. The molecule has 0 N–H and O–H groups in total. The Balaban J connectivity index is 1.81. The first kappa shape index (κ1) is 19.7. The Morgan fingerprint density at radius 1 is 1.13 bits per heavy atom. The summed E-state index contributed by atoms with van der Waals surface area (Å²) < 4.78 is 17.4. The van der Waals surface area contributed by atoms with Crippen molar-refractivity contribution in [2.45, 2.75) is 6.54 Å². The Morgan fingerprint density at radius 2 is 1.97 bits per heavy atom. The van der Waals surface area contributed by atoms with Crippen LogP contribution in [0.1, 0.15) is 16.1 Å². The Labute approximate surface area is 186 Å². The molecular weight excluding hydrogens is 438 g/mol. The third kappa shape index (κ3) is 3.36. The number of nitrogens with zero attached hydrogens (tertiary/aromatic N) is 1. The number of rotatable bonds is 4. The molecule has 8 heteroatoms. The van der Waals surface area contributed by atoms with Crippen molar-refractivity contribution in [3.8, 4) is 22.6 Å². The predicted molar refractivity (Wildman–Crippen MR) is 120 cm³/mol. The van der Waals surface area contributed by atoms with E-state index in [0.717, 1.165) is 11.1 Å². The fraction of sp³-hybridized carbons (Fsp3) is 0.130. The lowest BCUT2D eigenvalue weighted by molar-refractivity contribution is 0.0588. The van der Waals surface area contributed by atoms with Crippen molar-refractivity contribution < 1.29 is 19.0 Å². The topological polar surface area (TPSA) is 66.8 Å². The zero-order chi connectivity index (χ0) is 21.5. The minimum atomic E-state index is -0.596. The van der Waals surface area contributed by atoms with E-state index in [4.69, 9.17) is 25.8 Å². The molecule has 0 radical (unpaired) electrons. The van der Waals surface area contributed by atoms with Gasteiger partial charge in [-0.15, -0.1) is 0 Å². The molecule has 0 aliphatic carbocycles. The van der Waals surface area contributed by atoms with Crippen LogP contribution in [-0.2, 0) is 11.3 Å². The van der Waals surface area contributed by atoms with Gasteiger partial charge in [0.1, 0.15) is 5.69 Å². The largest absolute Gasteiger partial charge is 0.464 e. The molecule has 6 nitrogen and oxygen atoms in total. The summed E-state index contributed by atoms with van der Waals surface area (Å²) >= 11 is 7.75. The minimum absolute atomic E-state index is 0.158. The highest BCUT2D eigenvalue weighted by atomic mass is 35.5. The number of halogens is 1. The quantitative estimate of drug-likeness (QED) is 0.409. The summed E-state index contributed by atoms with van der Waals surface area (Å²) in [4.78, 5) is 26.5. The van der Waals surface area contributed by atoms with Gasteiger partial charge in [0, 0.05) is 16.0 Å². The second kappa shape index (κ2) is 7.76. The molecule has 156 valence electrons. The number of esters is 1. The van der Waals surface area contributed by atoms with Gasteiger partial charge < -0.3 is 14.2 Å². The fourth-order valence-corrected chi connectivity index (χ4v) is 4.62. The number of pyridine rings is 1. The molecule has 1 aliphatic heterocycles. The zero-order valence-electron chi connectivity index (χ0n) is 16.4. The molecule has 5 rings (SSSR count).